The molecule has 4 aromatic carbocycles. The number of ether oxygens (including phenoxy) is 2. The first-order valence-corrected chi connectivity index (χ1v) is 21.5. The summed E-state index contributed by atoms with van der Waals surface area (Å²) >= 11 is 0. The standard InChI is InChI=1S/C42H48N4O6Si/c1-27-39(53(3,4)34-21-19-33(51-2)20-22-34)37(24-38(48)45-23-7-8-32(45)26-47)52-42(27)35-9-5-6-10-36(35)46(41(42)50)25-28-11-17-31(18-12-28)44-40(49)29-13-15-30(43)16-14-29/h5-6,9-22,27,32,37,39,47H,7-8,23-26,43H2,1-4H3,(H,44,49)/t27-,32+,37+,39-,42+/m1/s1. The van der Waals surface area contributed by atoms with Crippen LogP contribution in [0.3, 0.4) is 0 Å². The van der Waals surface area contributed by atoms with Gasteiger partial charge in [0.1, 0.15) is 5.75 Å². The molecule has 5 atom stereocenters. The van der Waals surface area contributed by atoms with Crippen molar-refractivity contribution in [3.05, 3.63) is 114 Å². The van der Waals surface area contributed by atoms with Gasteiger partial charge >= 0.3 is 0 Å². The number of para-hydroxylation sites is 1. The molecule has 0 saturated carbocycles. The quantitative estimate of drug-likeness (QED) is 0.141. The number of nitrogen functional groups attached to an aromatic ring is 1. The zero-order valence-electron chi connectivity index (χ0n) is 30.7. The zero-order chi connectivity index (χ0) is 37.5. The van der Waals surface area contributed by atoms with E-state index in [0.29, 0.717) is 30.0 Å². The summed E-state index contributed by atoms with van der Waals surface area (Å²) in [4.78, 5) is 45.5. The van der Waals surface area contributed by atoms with Crippen LogP contribution in [0.2, 0.25) is 18.6 Å². The van der Waals surface area contributed by atoms with E-state index in [2.05, 4.69) is 37.5 Å². The lowest BCUT2D eigenvalue weighted by atomic mass is 9.82. The van der Waals surface area contributed by atoms with Crippen molar-refractivity contribution in [3.8, 4) is 5.75 Å². The van der Waals surface area contributed by atoms with Crippen LogP contribution in [0.15, 0.2) is 97.1 Å². The minimum absolute atomic E-state index is 0.0421. The average molecular weight is 733 g/mol. The van der Waals surface area contributed by atoms with E-state index in [1.54, 1.807) is 41.2 Å². The average Bonchev–Trinajstić information content (AvgIpc) is 3.83. The number of amides is 3. The van der Waals surface area contributed by atoms with E-state index in [-0.39, 0.29) is 48.3 Å². The maximum Gasteiger partial charge on any atom is 0.264 e. The largest absolute Gasteiger partial charge is 0.497 e. The maximum atomic E-state index is 15.1. The molecule has 4 N–H and O–H groups in total. The fraction of sp³-hybridized carbons (Fsp3) is 0.357. The number of aliphatic hydroxyl groups is 1. The fourth-order valence-electron chi connectivity index (χ4n) is 8.98. The van der Waals surface area contributed by atoms with Crippen molar-refractivity contribution in [3.63, 3.8) is 0 Å². The van der Waals surface area contributed by atoms with Crippen LogP contribution in [0.1, 0.15) is 47.7 Å². The van der Waals surface area contributed by atoms with Gasteiger partial charge in [0.05, 0.1) is 52.6 Å². The number of fused-ring (bicyclic) bond motifs is 2. The third kappa shape index (κ3) is 6.51. The van der Waals surface area contributed by atoms with Crippen LogP contribution in [-0.2, 0) is 26.5 Å². The predicted molar refractivity (Wildman–Crippen MR) is 209 cm³/mol. The number of nitrogens with two attached hydrogens (primary N) is 1. The van der Waals surface area contributed by atoms with Gasteiger partial charge in [0.25, 0.3) is 11.8 Å². The summed E-state index contributed by atoms with van der Waals surface area (Å²) in [5.74, 6) is 0.103. The second kappa shape index (κ2) is 14.5. The second-order valence-electron chi connectivity index (χ2n) is 15.1. The van der Waals surface area contributed by atoms with Gasteiger partial charge in [0.15, 0.2) is 5.60 Å². The summed E-state index contributed by atoms with van der Waals surface area (Å²) in [5.41, 5.74) is 8.63. The predicted octanol–water partition coefficient (Wildman–Crippen LogP) is 5.67. The molecule has 2 fully saturated rings. The van der Waals surface area contributed by atoms with Gasteiger partial charge in [-0.1, -0.05) is 67.7 Å². The van der Waals surface area contributed by atoms with Gasteiger partial charge in [0, 0.05) is 35.0 Å². The fourth-order valence-corrected chi connectivity index (χ4v) is 13.0. The SMILES string of the molecule is COc1ccc([Si](C)(C)[C@H]2[C@H](CC(=O)N3CCC[C@H]3CO)O[C@@]3(C(=O)N(Cc4ccc(NC(=O)c5ccc(N)cc5)cc4)c4ccccc43)[C@@H]2C)cc1. The molecule has 0 bridgehead atoms. The number of carbonyl (C=O) groups excluding carboxylic acids is 3. The van der Waals surface area contributed by atoms with E-state index < -0.39 is 19.8 Å². The molecule has 4 aromatic rings. The Balaban J connectivity index is 1.19. The lowest BCUT2D eigenvalue weighted by molar-refractivity contribution is -0.150. The number of aliphatic hydroxyl groups excluding tert-OH is 1. The summed E-state index contributed by atoms with van der Waals surface area (Å²) in [6, 6.07) is 30.1. The minimum Gasteiger partial charge on any atom is -0.497 e. The molecule has 3 aliphatic rings. The van der Waals surface area contributed by atoms with E-state index >= 15 is 4.79 Å². The van der Waals surface area contributed by atoms with Crippen LogP contribution < -0.4 is 25.9 Å². The molecule has 0 aromatic heterocycles. The molecule has 3 heterocycles. The van der Waals surface area contributed by atoms with Gasteiger partial charge in [-0.05, 0) is 78.5 Å². The topological polar surface area (TPSA) is 134 Å². The van der Waals surface area contributed by atoms with Crippen molar-refractivity contribution < 1.29 is 29.0 Å². The number of rotatable bonds is 10. The van der Waals surface area contributed by atoms with Gasteiger partial charge in [-0.25, -0.2) is 0 Å². The van der Waals surface area contributed by atoms with Gasteiger partial charge in [0.2, 0.25) is 5.91 Å². The molecule has 3 aliphatic heterocycles. The van der Waals surface area contributed by atoms with Gasteiger partial charge in [-0.3, -0.25) is 14.4 Å². The van der Waals surface area contributed by atoms with Gasteiger partial charge in [-0.2, -0.15) is 0 Å². The number of carbonyl (C=O) groups is 3. The number of methoxy groups -OCH3 is 1. The molecule has 0 radical (unpaired) electrons. The summed E-state index contributed by atoms with van der Waals surface area (Å²) in [6.07, 6.45) is 1.26. The van der Waals surface area contributed by atoms with Crippen LogP contribution in [-0.4, -0.2) is 68.2 Å². The Morgan fingerprint density at radius 3 is 2.38 bits per heavy atom. The Morgan fingerprint density at radius 2 is 1.70 bits per heavy atom. The highest BCUT2D eigenvalue weighted by Crippen LogP contribution is 2.60. The highest BCUT2D eigenvalue weighted by molar-refractivity contribution is 6.91. The van der Waals surface area contributed by atoms with Crippen molar-refractivity contribution in [1.82, 2.24) is 4.90 Å². The number of nitrogens with one attached hydrogen (secondary N) is 1. The molecular formula is C42H48N4O6Si. The third-order valence-electron chi connectivity index (χ3n) is 11.8. The molecule has 10 nitrogen and oxygen atoms in total. The van der Waals surface area contributed by atoms with Gasteiger partial charge < -0.3 is 35.4 Å². The molecule has 53 heavy (non-hydrogen) atoms. The smallest absolute Gasteiger partial charge is 0.264 e. The number of likely N-dealkylation sites (tertiary alicyclic amines) is 1. The first-order chi connectivity index (χ1) is 25.5. The van der Waals surface area contributed by atoms with Crippen molar-refractivity contribution in [2.45, 2.75) is 69.1 Å². The normalized spacial score (nSPS) is 23.8. The molecule has 11 heteroatoms. The highest BCUT2D eigenvalue weighted by atomic mass is 28.3. The Kier molecular flexibility index (Phi) is 9.92. The van der Waals surface area contributed by atoms with Crippen molar-refractivity contribution in [1.29, 1.82) is 0 Å². The van der Waals surface area contributed by atoms with E-state index in [1.165, 1.54) is 5.19 Å². The summed E-state index contributed by atoms with van der Waals surface area (Å²) in [5, 5.41) is 14.2. The van der Waals surface area contributed by atoms with Crippen LogP contribution in [0.25, 0.3) is 0 Å². The summed E-state index contributed by atoms with van der Waals surface area (Å²) in [6.45, 7) is 7.58. The van der Waals surface area contributed by atoms with E-state index in [0.717, 1.165) is 35.4 Å². The Morgan fingerprint density at radius 1 is 1.00 bits per heavy atom. The number of hydrogen-bond acceptors (Lipinski definition) is 7. The van der Waals surface area contributed by atoms with E-state index in [9.17, 15) is 14.7 Å². The molecule has 2 saturated heterocycles. The Labute approximate surface area is 311 Å². The minimum atomic E-state index is -2.44. The van der Waals surface area contributed by atoms with Crippen LogP contribution in [0.4, 0.5) is 17.1 Å². The highest BCUT2D eigenvalue weighted by Gasteiger charge is 2.66. The summed E-state index contributed by atoms with van der Waals surface area (Å²) < 4.78 is 12.6. The van der Waals surface area contributed by atoms with E-state index in [4.69, 9.17) is 15.2 Å². The molecule has 3 amide bonds. The zero-order valence-corrected chi connectivity index (χ0v) is 31.7. The van der Waals surface area contributed by atoms with Crippen molar-refractivity contribution in [2.75, 3.05) is 36.2 Å². The maximum absolute atomic E-state index is 15.1. The second-order valence-corrected chi connectivity index (χ2v) is 19.8. The Bertz CT molecular complexity index is 1990. The molecular weight excluding hydrogens is 685 g/mol. The lowest BCUT2D eigenvalue weighted by Crippen LogP contribution is -2.52. The van der Waals surface area contributed by atoms with E-state index in [1.807, 2.05) is 60.7 Å². The monoisotopic (exact) mass is 732 g/mol. The number of anilines is 3. The molecule has 0 aliphatic carbocycles. The molecule has 7 rings (SSSR count). The van der Waals surface area contributed by atoms with Crippen LogP contribution >= 0.6 is 0 Å². The number of benzene rings is 4. The van der Waals surface area contributed by atoms with Crippen LogP contribution in [0.5, 0.6) is 5.75 Å². The van der Waals surface area contributed by atoms with Crippen molar-refractivity contribution in [2.24, 2.45) is 5.92 Å². The number of hydrogen-bond donors (Lipinski definition) is 3. The summed E-state index contributed by atoms with van der Waals surface area (Å²) in [7, 11) is -0.789. The third-order valence-corrected chi connectivity index (χ3v) is 16.1. The first kappa shape index (κ1) is 36.4. The van der Waals surface area contributed by atoms with Crippen LogP contribution in [0, 0.1) is 5.92 Å². The number of nitrogens with zero attached hydrogens (tertiary/aromatic N) is 2. The first-order valence-electron chi connectivity index (χ1n) is 18.4. The van der Waals surface area contributed by atoms with Crippen molar-refractivity contribution >= 4 is 48.0 Å². The lowest BCUT2D eigenvalue weighted by Gasteiger charge is -2.37. The molecule has 276 valence electrons. The van der Waals surface area contributed by atoms with Gasteiger partial charge in [-0.15, -0.1) is 0 Å². The molecule has 0 unspecified atom stereocenters. The Hall–Kier alpha value is -4.97. The molecule has 1 spiro atoms.